The van der Waals surface area contributed by atoms with Crippen LogP contribution < -0.4 is 4.74 Å². The number of nitriles is 1. The minimum absolute atomic E-state index is 0.0466. The summed E-state index contributed by atoms with van der Waals surface area (Å²) in [5.74, 6) is -0.551. The van der Waals surface area contributed by atoms with E-state index in [1.165, 1.54) is 12.1 Å². The molecule has 0 unspecified atom stereocenters. The average molecular weight is 202 g/mol. The highest BCUT2D eigenvalue weighted by Crippen LogP contribution is 2.20. The number of alkyl halides is 3. The molecular weight excluding hydrogens is 197 g/mol. The first kappa shape index (κ1) is 10.3. The first-order chi connectivity index (χ1) is 6.51. The van der Waals surface area contributed by atoms with Gasteiger partial charge < -0.3 is 4.74 Å². The molecule has 0 amide bonds. The Morgan fingerprint density at radius 3 is 2.71 bits per heavy atom. The van der Waals surface area contributed by atoms with Gasteiger partial charge in [0.2, 0.25) is 5.88 Å². The Labute approximate surface area is 77.7 Å². The summed E-state index contributed by atoms with van der Waals surface area (Å²) in [6, 6.07) is 5.65. The summed E-state index contributed by atoms with van der Waals surface area (Å²) >= 11 is 0. The predicted octanol–water partition coefficient (Wildman–Crippen LogP) is 2.05. The van der Waals surface area contributed by atoms with Crippen molar-refractivity contribution in [3.63, 3.8) is 0 Å². The molecule has 0 N–H and O–H groups in total. The monoisotopic (exact) mass is 202 g/mol. The number of pyridine rings is 1. The third-order valence-electron chi connectivity index (χ3n) is 1.26. The van der Waals surface area contributed by atoms with Crippen LogP contribution in [0.3, 0.4) is 0 Å². The van der Waals surface area contributed by atoms with Gasteiger partial charge in [-0.1, -0.05) is 6.07 Å². The maximum Gasteiger partial charge on any atom is 0.574 e. The largest absolute Gasteiger partial charge is 0.574 e. The van der Waals surface area contributed by atoms with E-state index in [0.717, 1.165) is 6.07 Å². The van der Waals surface area contributed by atoms with Crippen LogP contribution in [0.15, 0.2) is 18.2 Å². The second-order valence-electron chi connectivity index (χ2n) is 2.35. The molecule has 0 saturated carbocycles. The van der Waals surface area contributed by atoms with Gasteiger partial charge in [0.25, 0.3) is 0 Å². The lowest BCUT2D eigenvalue weighted by Crippen LogP contribution is -2.18. The van der Waals surface area contributed by atoms with Gasteiger partial charge in [0.05, 0.1) is 18.2 Å². The van der Waals surface area contributed by atoms with Crippen molar-refractivity contribution < 1.29 is 17.9 Å². The van der Waals surface area contributed by atoms with Crippen LogP contribution in [0, 0.1) is 11.3 Å². The van der Waals surface area contributed by atoms with E-state index in [1.54, 1.807) is 6.07 Å². The molecular formula is C8H5F3N2O. The molecule has 0 bridgehead atoms. The zero-order valence-corrected chi connectivity index (χ0v) is 6.88. The molecule has 0 aliphatic heterocycles. The van der Waals surface area contributed by atoms with E-state index in [1.807, 2.05) is 0 Å². The van der Waals surface area contributed by atoms with Crippen LogP contribution in [0.5, 0.6) is 5.88 Å². The van der Waals surface area contributed by atoms with E-state index in [2.05, 4.69) is 9.72 Å². The quantitative estimate of drug-likeness (QED) is 0.737. The molecule has 1 heterocycles. The van der Waals surface area contributed by atoms with Gasteiger partial charge in [-0.05, 0) is 6.07 Å². The lowest BCUT2D eigenvalue weighted by Gasteiger charge is -2.07. The molecule has 0 aliphatic rings. The van der Waals surface area contributed by atoms with Crippen molar-refractivity contribution >= 4 is 0 Å². The number of nitrogens with zero attached hydrogens (tertiary/aromatic N) is 2. The van der Waals surface area contributed by atoms with Crippen LogP contribution in [0.4, 0.5) is 13.2 Å². The molecule has 0 aliphatic carbocycles. The topological polar surface area (TPSA) is 45.9 Å². The lowest BCUT2D eigenvalue weighted by molar-refractivity contribution is -0.276. The Hall–Kier alpha value is -1.77. The van der Waals surface area contributed by atoms with Gasteiger partial charge in [-0.2, -0.15) is 5.26 Å². The predicted molar refractivity (Wildman–Crippen MR) is 40.2 cm³/mol. The molecule has 0 saturated heterocycles. The van der Waals surface area contributed by atoms with E-state index in [4.69, 9.17) is 5.26 Å². The summed E-state index contributed by atoms with van der Waals surface area (Å²) in [5, 5.41) is 8.29. The fourth-order valence-corrected chi connectivity index (χ4v) is 0.812. The molecule has 14 heavy (non-hydrogen) atoms. The molecule has 1 rings (SSSR count). The molecule has 0 aromatic carbocycles. The first-order valence-electron chi connectivity index (χ1n) is 3.60. The second-order valence-corrected chi connectivity index (χ2v) is 2.35. The van der Waals surface area contributed by atoms with Crippen LogP contribution in [0.25, 0.3) is 0 Å². The molecule has 0 atom stereocenters. The Bertz CT molecular complexity index is 356. The number of hydrogen-bond donors (Lipinski definition) is 0. The number of aromatic nitrogens is 1. The van der Waals surface area contributed by atoms with E-state index in [0.29, 0.717) is 0 Å². The molecule has 1 aromatic heterocycles. The van der Waals surface area contributed by atoms with Crippen molar-refractivity contribution in [2.45, 2.75) is 12.8 Å². The minimum atomic E-state index is -4.75. The second kappa shape index (κ2) is 3.96. The maximum atomic E-state index is 11.7. The van der Waals surface area contributed by atoms with Gasteiger partial charge in [0, 0.05) is 6.07 Å². The molecule has 1 aromatic rings. The van der Waals surface area contributed by atoms with Crippen molar-refractivity contribution in [2.75, 3.05) is 0 Å². The van der Waals surface area contributed by atoms with Crippen molar-refractivity contribution in [2.24, 2.45) is 0 Å². The molecule has 0 fully saturated rings. The van der Waals surface area contributed by atoms with E-state index in [9.17, 15) is 13.2 Å². The third kappa shape index (κ3) is 3.31. The molecule has 74 valence electrons. The molecule has 6 heteroatoms. The summed E-state index contributed by atoms with van der Waals surface area (Å²) in [6.07, 6.45) is -4.80. The van der Waals surface area contributed by atoms with Crippen LogP contribution >= 0.6 is 0 Å². The number of hydrogen-bond acceptors (Lipinski definition) is 3. The summed E-state index contributed by atoms with van der Waals surface area (Å²) in [7, 11) is 0. The van der Waals surface area contributed by atoms with Gasteiger partial charge in [0.15, 0.2) is 0 Å². The smallest absolute Gasteiger partial charge is 0.388 e. The highest BCUT2D eigenvalue weighted by atomic mass is 19.4. The zero-order chi connectivity index (χ0) is 10.6. The standard InChI is InChI=1S/C8H5F3N2O/c9-8(10,11)14-7-3-1-2-6(13-7)4-5-12/h1-3H,4H2. The normalized spacial score (nSPS) is 10.7. The summed E-state index contributed by atoms with van der Waals surface area (Å²) in [6.45, 7) is 0. The SMILES string of the molecule is N#CCc1cccc(OC(F)(F)F)n1. The summed E-state index contributed by atoms with van der Waals surface area (Å²) in [4.78, 5) is 3.48. The van der Waals surface area contributed by atoms with Gasteiger partial charge in [-0.15, -0.1) is 13.2 Å². The van der Waals surface area contributed by atoms with Gasteiger partial charge in [0.1, 0.15) is 0 Å². The van der Waals surface area contributed by atoms with Crippen LogP contribution in [0.1, 0.15) is 5.69 Å². The summed E-state index contributed by atoms with van der Waals surface area (Å²) < 4.78 is 38.8. The van der Waals surface area contributed by atoms with Crippen molar-refractivity contribution in [3.05, 3.63) is 23.9 Å². The van der Waals surface area contributed by atoms with Gasteiger partial charge in [-0.3, -0.25) is 0 Å². The van der Waals surface area contributed by atoms with Crippen LogP contribution in [-0.2, 0) is 6.42 Å². The van der Waals surface area contributed by atoms with E-state index >= 15 is 0 Å². The number of ether oxygens (including phenoxy) is 1. The number of rotatable bonds is 2. The average Bonchev–Trinajstić information content (AvgIpc) is 2.02. The lowest BCUT2D eigenvalue weighted by atomic mass is 10.3. The van der Waals surface area contributed by atoms with Crippen molar-refractivity contribution in [3.8, 4) is 11.9 Å². The van der Waals surface area contributed by atoms with Gasteiger partial charge in [-0.25, -0.2) is 4.98 Å². The fourth-order valence-electron chi connectivity index (χ4n) is 0.812. The van der Waals surface area contributed by atoms with Crippen LogP contribution in [0.2, 0.25) is 0 Å². The van der Waals surface area contributed by atoms with Crippen molar-refractivity contribution in [1.82, 2.24) is 4.98 Å². The Balaban J connectivity index is 2.79. The third-order valence-corrected chi connectivity index (χ3v) is 1.26. The van der Waals surface area contributed by atoms with Gasteiger partial charge >= 0.3 is 6.36 Å². The van der Waals surface area contributed by atoms with E-state index in [-0.39, 0.29) is 12.1 Å². The summed E-state index contributed by atoms with van der Waals surface area (Å²) in [5.41, 5.74) is 0.245. The Morgan fingerprint density at radius 1 is 1.43 bits per heavy atom. The fraction of sp³-hybridized carbons (Fsp3) is 0.250. The highest BCUT2D eigenvalue weighted by Gasteiger charge is 2.31. The van der Waals surface area contributed by atoms with E-state index < -0.39 is 12.2 Å². The van der Waals surface area contributed by atoms with Crippen molar-refractivity contribution in [1.29, 1.82) is 5.26 Å². The van der Waals surface area contributed by atoms with Crippen LogP contribution in [-0.4, -0.2) is 11.3 Å². The molecule has 0 radical (unpaired) electrons. The molecule has 0 spiro atoms. The zero-order valence-electron chi connectivity index (χ0n) is 6.88. The highest BCUT2D eigenvalue weighted by molar-refractivity contribution is 5.17. The Kier molecular flexibility index (Phi) is 2.92. The first-order valence-corrected chi connectivity index (χ1v) is 3.60. The maximum absolute atomic E-state index is 11.7. The minimum Gasteiger partial charge on any atom is -0.388 e. The Morgan fingerprint density at radius 2 is 2.14 bits per heavy atom. The molecule has 3 nitrogen and oxygen atoms in total. The number of halogens is 3.